The highest BCUT2D eigenvalue weighted by Crippen LogP contribution is 2.46. The number of carbonyl (C=O) groups excluding carboxylic acids is 1. The molecular formula is C11H14N2O3. The van der Waals surface area contributed by atoms with Crippen LogP contribution in [-0.4, -0.2) is 34.5 Å². The van der Waals surface area contributed by atoms with Gasteiger partial charge in [-0.15, -0.1) is 0 Å². The van der Waals surface area contributed by atoms with Crippen molar-refractivity contribution in [2.24, 2.45) is 5.41 Å². The zero-order valence-electron chi connectivity index (χ0n) is 8.93. The molecule has 2 unspecified atom stereocenters. The van der Waals surface area contributed by atoms with Gasteiger partial charge in [0.1, 0.15) is 6.29 Å². The molecule has 0 aromatic carbocycles. The fraction of sp³-hybridized carbons (Fsp3) is 0.727. The summed E-state index contributed by atoms with van der Waals surface area (Å²) in [7, 11) is 0. The summed E-state index contributed by atoms with van der Waals surface area (Å²) in [6.45, 7) is 0. The van der Waals surface area contributed by atoms with Crippen LogP contribution in [0.1, 0.15) is 32.1 Å². The number of hydrogen-bond donors (Lipinski definition) is 1. The van der Waals surface area contributed by atoms with Gasteiger partial charge in [0.25, 0.3) is 0 Å². The Kier molecular flexibility index (Phi) is 2.58. The molecule has 5 heteroatoms. The molecular weight excluding hydrogens is 208 g/mol. The first-order valence-corrected chi connectivity index (χ1v) is 5.46. The first-order valence-electron chi connectivity index (χ1n) is 5.46. The Bertz CT molecular complexity index is 347. The van der Waals surface area contributed by atoms with Gasteiger partial charge in [0.2, 0.25) is 0 Å². The van der Waals surface area contributed by atoms with Crippen LogP contribution < -0.4 is 0 Å². The molecule has 2 heterocycles. The standard InChI is InChI=1S/C11H14N2O3/c12-4-3-11(7-14)5-8-1-2-9(6-11)13(8)10(15)16/h7-9H,1-3,5-6H2,(H,15,16). The van der Waals surface area contributed by atoms with Crippen LogP contribution in [-0.2, 0) is 4.79 Å². The van der Waals surface area contributed by atoms with Gasteiger partial charge < -0.3 is 14.8 Å². The molecule has 0 aromatic rings. The Morgan fingerprint density at radius 3 is 2.44 bits per heavy atom. The third-order valence-electron chi connectivity index (χ3n) is 3.81. The molecule has 0 aromatic heterocycles. The lowest BCUT2D eigenvalue weighted by Gasteiger charge is -2.41. The lowest BCUT2D eigenvalue weighted by atomic mass is 9.74. The first-order chi connectivity index (χ1) is 7.62. The Labute approximate surface area is 93.6 Å². The number of nitrogens with zero attached hydrogens (tertiary/aromatic N) is 2. The first kappa shape index (κ1) is 10.9. The van der Waals surface area contributed by atoms with E-state index in [0.717, 1.165) is 19.1 Å². The average molecular weight is 222 g/mol. The van der Waals surface area contributed by atoms with Crippen LogP contribution in [0, 0.1) is 16.7 Å². The molecule has 1 N–H and O–H groups in total. The summed E-state index contributed by atoms with van der Waals surface area (Å²) in [4.78, 5) is 23.7. The normalized spacial score (nSPS) is 36.8. The van der Waals surface area contributed by atoms with Crippen molar-refractivity contribution in [3.05, 3.63) is 0 Å². The summed E-state index contributed by atoms with van der Waals surface area (Å²) in [5.74, 6) is 0. The zero-order valence-corrected chi connectivity index (χ0v) is 8.93. The highest BCUT2D eigenvalue weighted by Gasteiger charge is 2.50. The van der Waals surface area contributed by atoms with Gasteiger partial charge in [0, 0.05) is 23.9 Å². The van der Waals surface area contributed by atoms with E-state index in [0.29, 0.717) is 12.8 Å². The van der Waals surface area contributed by atoms with Gasteiger partial charge in [0.15, 0.2) is 0 Å². The van der Waals surface area contributed by atoms with E-state index >= 15 is 0 Å². The maximum atomic E-state index is 11.2. The Morgan fingerprint density at radius 1 is 1.50 bits per heavy atom. The average Bonchev–Trinajstić information content (AvgIpc) is 2.52. The van der Waals surface area contributed by atoms with E-state index in [1.54, 1.807) is 0 Å². The van der Waals surface area contributed by atoms with Gasteiger partial charge in [-0.05, 0) is 25.7 Å². The second-order valence-electron chi connectivity index (χ2n) is 4.80. The van der Waals surface area contributed by atoms with Crippen molar-refractivity contribution in [3.63, 3.8) is 0 Å². The lowest BCUT2D eigenvalue weighted by Crippen LogP contribution is -2.50. The van der Waals surface area contributed by atoms with Gasteiger partial charge in [-0.3, -0.25) is 0 Å². The molecule has 2 rings (SSSR count). The quantitative estimate of drug-likeness (QED) is 0.716. The van der Waals surface area contributed by atoms with Crippen molar-refractivity contribution in [3.8, 4) is 6.07 Å². The van der Waals surface area contributed by atoms with Gasteiger partial charge >= 0.3 is 6.09 Å². The number of hydrogen-bond acceptors (Lipinski definition) is 3. The van der Waals surface area contributed by atoms with Crippen molar-refractivity contribution in [1.82, 2.24) is 4.90 Å². The minimum atomic E-state index is -0.899. The molecule has 2 atom stereocenters. The van der Waals surface area contributed by atoms with Gasteiger partial charge in [-0.25, -0.2) is 4.79 Å². The fourth-order valence-corrected chi connectivity index (χ4v) is 3.14. The second kappa shape index (κ2) is 3.78. The molecule has 5 nitrogen and oxygen atoms in total. The molecule has 2 fully saturated rings. The van der Waals surface area contributed by atoms with Crippen molar-refractivity contribution in [2.75, 3.05) is 0 Å². The Morgan fingerprint density at radius 2 is 2.06 bits per heavy atom. The number of carbonyl (C=O) groups is 2. The molecule has 0 saturated carbocycles. The smallest absolute Gasteiger partial charge is 0.407 e. The number of carboxylic acid groups (broad SMARTS) is 1. The molecule has 86 valence electrons. The third kappa shape index (κ3) is 1.54. The van der Waals surface area contributed by atoms with E-state index in [9.17, 15) is 9.59 Å². The summed E-state index contributed by atoms with van der Waals surface area (Å²) in [6, 6.07) is 1.90. The van der Waals surface area contributed by atoms with Crippen molar-refractivity contribution in [1.29, 1.82) is 5.26 Å². The van der Waals surface area contributed by atoms with Crippen LogP contribution in [0.15, 0.2) is 0 Å². The molecule has 0 radical (unpaired) electrons. The highest BCUT2D eigenvalue weighted by molar-refractivity contribution is 5.68. The Hall–Kier alpha value is -1.57. The van der Waals surface area contributed by atoms with E-state index in [1.807, 2.05) is 6.07 Å². The van der Waals surface area contributed by atoms with Crippen LogP contribution in [0.25, 0.3) is 0 Å². The van der Waals surface area contributed by atoms with E-state index in [2.05, 4.69) is 0 Å². The topological polar surface area (TPSA) is 81.4 Å². The van der Waals surface area contributed by atoms with E-state index < -0.39 is 11.5 Å². The number of amides is 1. The van der Waals surface area contributed by atoms with Gasteiger partial charge in [-0.2, -0.15) is 5.26 Å². The number of aldehydes is 1. The van der Waals surface area contributed by atoms with Crippen LogP contribution in [0.2, 0.25) is 0 Å². The van der Waals surface area contributed by atoms with Crippen molar-refractivity contribution < 1.29 is 14.7 Å². The van der Waals surface area contributed by atoms with Crippen molar-refractivity contribution in [2.45, 2.75) is 44.2 Å². The summed E-state index contributed by atoms with van der Waals surface area (Å²) < 4.78 is 0. The van der Waals surface area contributed by atoms with E-state index in [-0.39, 0.29) is 18.5 Å². The molecule has 16 heavy (non-hydrogen) atoms. The monoisotopic (exact) mass is 222 g/mol. The fourth-order valence-electron chi connectivity index (χ4n) is 3.14. The van der Waals surface area contributed by atoms with Crippen LogP contribution in [0.3, 0.4) is 0 Å². The number of nitriles is 1. The van der Waals surface area contributed by atoms with Crippen LogP contribution >= 0.6 is 0 Å². The lowest BCUT2D eigenvalue weighted by molar-refractivity contribution is -0.119. The molecule has 0 aliphatic carbocycles. The maximum absolute atomic E-state index is 11.2. The van der Waals surface area contributed by atoms with Crippen LogP contribution in [0.4, 0.5) is 4.79 Å². The minimum Gasteiger partial charge on any atom is -0.465 e. The number of piperidine rings is 1. The van der Waals surface area contributed by atoms with Gasteiger partial charge in [0.05, 0.1) is 6.07 Å². The molecule has 2 aliphatic heterocycles. The second-order valence-corrected chi connectivity index (χ2v) is 4.80. The summed E-state index contributed by atoms with van der Waals surface area (Å²) in [6.07, 6.45) is 2.82. The Balaban J connectivity index is 2.21. The molecule has 0 spiro atoms. The van der Waals surface area contributed by atoms with E-state index in [4.69, 9.17) is 10.4 Å². The summed E-state index contributed by atoms with van der Waals surface area (Å²) >= 11 is 0. The SMILES string of the molecule is N#CCC1(C=O)CC2CCC(C1)N2C(=O)O. The molecule has 2 bridgehead atoms. The van der Waals surface area contributed by atoms with Crippen molar-refractivity contribution >= 4 is 12.4 Å². The number of fused-ring (bicyclic) bond motifs is 2. The molecule has 1 amide bonds. The van der Waals surface area contributed by atoms with Gasteiger partial charge in [-0.1, -0.05) is 0 Å². The minimum absolute atomic E-state index is 0.0743. The number of rotatable bonds is 2. The maximum Gasteiger partial charge on any atom is 0.407 e. The predicted octanol–water partition coefficient (Wildman–Crippen LogP) is 1.39. The third-order valence-corrected chi connectivity index (χ3v) is 3.81. The van der Waals surface area contributed by atoms with E-state index in [1.165, 1.54) is 4.90 Å². The summed E-state index contributed by atoms with van der Waals surface area (Å²) in [5.41, 5.74) is -0.605. The summed E-state index contributed by atoms with van der Waals surface area (Å²) in [5, 5.41) is 17.8. The molecule has 2 saturated heterocycles. The zero-order chi connectivity index (χ0) is 11.8. The largest absolute Gasteiger partial charge is 0.465 e. The highest BCUT2D eigenvalue weighted by atomic mass is 16.4. The van der Waals surface area contributed by atoms with Crippen LogP contribution in [0.5, 0.6) is 0 Å². The predicted molar refractivity (Wildman–Crippen MR) is 54.6 cm³/mol. The molecule has 2 aliphatic rings.